The number of oxazole rings is 1. The van der Waals surface area contributed by atoms with Crippen molar-refractivity contribution in [3.63, 3.8) is 0 Å². The fourth-order valence-electron chi connectivity index (χ4n) is 2.30. The van der Waals surface area contributed by atoms with Crippen molar-refractivity contribution in [2.75, 3.05) is 11.4 Å². The maximum absolute atomic E-state index is 12.4. The summed E-state index contributed by atoms with van der Waals surface area (Å²) in [4.78, 5) is 28.2. The number of hydrogen-bond acceptors (Lipinski definition) is 4. The fraction of sp³-hybridized carbons (Fsp3) is 0.214. The molecule has 1 aliphatic rings. The summed E-state index contributed by atoms with van der Waals surface area (Å²) in [7, 11) is 0. The first-order valence-corrected chi connectivity index (χ1v) is 6.03. The first-order chi connectivity index (χ1) is 9.29. The zero-order valence-electron chi connectivity index (χ0n) is 10.1. The van der Waals surface area contributed by atoms with E-state index < -0.39 is 0 Å². The fourth-order valence-corrected chi connectivity index (χ4v) is 2.30. The summed E-state index contributed by atoms with van der Waals surface area (Å²) in [6.45, 7) is 0.642. The number of carbonyl (C=O) groups is 1. The van der Waals surface area contributed by atoms with Gasteiger partial charge in [0.2, 0.25) is 0 Å². The van der Waals surface area contributed by atoms with E-state index in [-0.39, 0.29) is 17.5 Å². The molecular formula is C14H11N2O3. The van der Waals surface area contributed by atoms with Crippen LogP contribution in [-0.4, -0.2) is 23.7 Å². The van der Waals surface area contributed by atoms with Gasteiger partial charge in [-0.15, -0.1) is 0 Å². The van der Waals surface area contributed by atoms with Crippen molar-refractivity contribution >= 4 is 17.9 Å². The number of anilines is 1. The Labute approximate surface area is 109 Å². The number of hydrogen-bond donors (Lipinski definition) is 0. The summed E-state index contributed by atoms with van der Waals surface area (Å²) >= 11 is 0. The molecule has 0 atom stereocenters. The Morgan fingerprint density at radius 3 is 3.00 bits per heavy atom. The molecule has 2 aromatic rings. The molecule has 0 fully saturated rings. The number of para-hydroxylation sites is 1. The molecular weight excluding hydrogens is 244 g/mol. The molecule has 5 nitrogen and oxygen atoms in total. The number of amides is 1. The van der Waals surface area contributed by atoms with Crippen LogP contribution in [0.25, 0.3) is 0 Å². The van der Waals surface area contributed by atoms with Gasteiger partial charge in [0.05, 0.1) is 0 Å². The predicted molar refractivity (Wildman–Crippen MR) is 67.7 cm³/mol. The highest BCUT2D eigenvalue weighted by molar-refractivity contribution is 6.05. The van der Waals surface area contributed by atoms with E-state index in [2.05, 4.69) is 4.98 Å². The maximum atomic E-state index is 12.4. The van der Waals surface area contributed by atoms with Crippen LogP contribution in [0.4, 0.5) is 5.69 Å². The lowest BCUT2D eigenvalue weighted by Gasteiger charge is -2.28. The Morgan fingerprint density at radius 1 is 1.37 bits per heavy atom. The number of benzene rings is 1. The average molecular weight is 255 g/mol. The van der Waals surface area contributed by atoms with Crippen LogP contribution in [0.3, 0.4) is 0 Å². The lowest BCUT2D eigenvalue weighted by Crippen LogP contribution is -2.35. The maximum Gasteiger partial charge on any atom is 0.293 e. The van der Waals surface area contributed by atoms with Crippen LogP contribution in [0, 0.1) is 0 Å². The molecule has 0 N–H and O–H groups in total. The van der Waals surface area contributed by atoms with Crippen LogP contribution in [0.2, 0.25) is 0 Å². The van der Waals surface area contributed by atoms with E-state index in [0.717, 1.165) is 24.1 Å². The standard InChI is InChI=1S/C14H11N2O3/c17-8-13-15-11(9-19-13)14(18)16-7-3-5-10-4-1-2-6-12(10)16/h1-2,4,6,9H,3,5,7H2. The van der Waals surface area contributed by atoms with Crippen LogP contribution in [0.1, 0.15) is 28.4 Å². The number of rotatable bonds is 2. The molecule has 1 amide bonds. The van der Waals surface area contributed by atoms with Gasteiger partial charge in [0.15, 0.2) is 5.69 Å². The van der Waals surface area contributed by atoms with Crippen LogP contribution in [0.5, 0.6) is 0 Å². The molecule has 2 heterocycles. The highest BCUT2D eigenvalue weighted by Crippen LogP contribution is 2.27. The average Bonchev–Trinajstić information content (AvgIpc) is 2.95. The van der Waals surface area contributed by atoms with Crippen molar-refractivity contribution in [1.29, 1.82) is 0 Å². The minimum atomic E-state index is -0.252. The molecule has 0 spiro atoms. The number of carbonyl (C=O) groups excluding carboxylic acids is 2. The second-order valence-corrected chi connectivity index (χ2v) is 4.33. The lowest BCUT2D eigenvalue weighted by atomic mass is 10.0. The van der Waals surface area contributed by atoms with Crippen LogP contribution in [0.15, 0.2) is 34.9 Å². The lowest BCUT2D eigenvalue weighted by molar-refractivity contribution is 0.0980. The van der Waals surface area contributed by atoms with E-state index in [0.29, 0.717) is 6.54 Å². The molecule has 0 unspecified atom stereocenters. The molecule has 0 bridgehead atoms. The minimum absolute atomic E-state index is 0.134. The van der Waals surface area contributed by atoms with Gasteiger partial charge in [0.1, 0.15) is 6.26 Å². The Morgan fingerprint density at radius 2 is 2.21 bits per heavy atom. The van der Waals surface area contributed by atoms with Gasteiger partial charge < -0.3 is 9.32 Å². The summed E-state index contributed by atoms with van der Waals surface area (Å²) in [6.07, 6.45) is 4.59. The van der Waals surface area contributed by atoms with Crippen molar-refractivity contribution in [2.45, 2.75) is 12.8 Å². The number of nitrogens with zero attached hydrogens (tertiary/aromatic N) is 2. The SMILES string of the molecule is O=[C]c1nc(C(=O)N2CCCc3ccccc32)co1. The van der Waals surface area contributed by atoms with Gasteiger partial charge in [-0.3, -0.25) is 9.59 Å². The van der Waals surface area contributed by atoms with Gasteiger partial charge in [0, 0.05) is 12.2 Å². The van der Waals surface area contributed by atoms with Gasteiger partial charge in [-0.05, 0) is 24.5 Å². The normalized spacial score (nSPS) is 14.0. The molecule has 1 radical (unpaired) electrons. The summed E-state index contributed by atoms with van der Waals surface area (Å²) < 4.78 is 4.83. The van der Waals surface area contributed by atoms with Crippen molar-refractivity contribution in [3.8, 4) is 0 Å². The third kappa shape index (κ3) is 2.03. The predicted octanol–water partition coefficient (Wildman–Crippen LogP) is 1.73. The van der Waals surface area contributed by atoms with Gasteiger partial charge in [-0.1, -0.05) is 18.2 Å². The summed E-state index contributed by atoms with van der Waals surface area (Å²) in [5.74, 6) is -0.453. The molecule has 0 aliphatic carbocycles. The molecule has 19 heavy (non-hydrogen) atoms. The Kier molecular flexibility index (Phi) is 2.87. The molecule has 95 valence electrons. The van der Waals surface area contributed by atoms with Crippen molar-refractivity contribution in [3.05, 3.63) is 47.7 Å². The molecule has 5 heteroatoms. The second-order valence-electron chi connectivity index (χ2n) is 4.33. The first-order valence-electron chi connectivity index (χ1n) is 6.03. The number of aryl methyl sites for hydroxylation is 1. The Balaban J connectivity index is 1.95. The molecule has 1 aromatic carbocycles. The number of fused-ring (bicyclic) bond motifs is 1. The van der Waals surface area contributed by atoms with E-state index in [1.54, 1.807) is 4.90 Å². The summed E-state index contributed by atoms with van der Waals surface area (Å²) in [6, 6.07) is 7.79. The van der Waals surface area contributed by atoms with Gasteiger partial charge in [-0.2, -0.15) is 0 Å². The van der Waals surface area contributed by atoms with E-state index in [4.69, 9.17) is 4.42 Å². The Bertz CT molecular complexity index is 633. The monoisotopic (exact) mass is 255 g/mol. The third-order valence-electron chi connectivity index (χ3n) is 3.17. The number of aromatic nitrogens is 1. The van der Waals surface area contributed by atoms with Gasteiger partial charge in [0.25, 0.3) is 18.1 Å². The quantitative estimate of drug-likeness (QED) is 0.819. The second kappa shape index (κ2) is 4.68. The highest BCUT2D eigenvalue weighted by atomic mass is 16.3. The van der Waals surface area contributed by atoms with E-state index in [9.17, 15) is 9.59 Å². The van der Waals surface area contributed by atoms with Crippen molar-refractivity contribution in [2.24, 2.45) is 0 Å². The molecule has 3 rings (SSSR count). The molecule has 1 aliphatic heterocycles. The van der Waals surface area contributed by atoms with Gasteiger partial charge in [-0.25, -0.2) is 4.98 Å². The van der Waals surface area contributed by atoms with E-state index in [1.165, 1.54) is 12.5 Å². The third-order valence-corrected chi connectivity index (χ3v) is 3.17. The van der Waals surface area contributed by atoms with Crippen LogP contribution in [-0.2, 0) is 11.2 Å². The minimum Gasteiger partial charge on any atom is -0.441 e. The smallest absolute Gasteiger partial charge is 0.293 e. The summed E-state index contributed by atoms with van der Waals surface area (Å²) in [5, 5.41) is 0. The van der Waals surface area contributed by atoms with Crippen molar-refractivity contribution in [1.82, 2.24) is 4.98 Å². The highest BCUT2D eigenvalue weighted by Gasteiger charge is 2.25. The summed E-state index contributed by atoms with van der Waals surface area (Å²) in [5.41, 5.74) is 2.18. The van der Waals surface area contributed by atoms with E-state index >= 15 is 0 Å². The van der Waals surface area contributed by atoms with E-state index in [1.807, 2.05) is 24.3 Å². The first kappa shape index (κ1) is 11.6. The zero-order chi connectivity index (χ0) is 13.2. The largest absolute Gasteiger partial charge is 0.441 e. The van der Waals surface area contributed by atoms with Crippen LogP contribution >= 0.6 is 0 Å². The van der Waals surface area contributed by atoms with Crippen LogP contribution < -0.4 is 4.90 Å². The molecule has 0 saturated heterocycles. The topological polar surface area (TPSA) is 63.4 Å². The zero-order valence-corrected chi connectivity index (χ0v) is 10.1. The molecule has 1 aromatic heterocycles. The molecule has 0 saturated carbocycles. The van der Waals surface area contributed by atoms with Gasteiger partial charge >= 0.3 is 0 Å². The van der Waals surface area contributed by atoms with Crippen molar-refractivity contribution < 1.29 is 14.0 Å². The Hall–Kier alpha value is -2.43.